The number of carbonyl (C=O) groups excluding carboxylic acids is 1. The molecule has 118 valence electrons. The Labute approximate surface area is 128 Å². The Bertz CT molecular complexity index is 795. The second-order valence-electron chi connectivity index (χ2n) is 4.63. The molecule has 8 heteroatoms. The Morgan fingerprint density at radius 2 is 2.00 bits per heavy atom. The molecule has 0 radical (unpaired) electrons. The predicted octanol–water partition coefficient (Wildman–Crippen LogP) is 2.22. The molecule has 1 aromatic carbocycles. The molecule has 1 amide bonds. The fourth-order valence-electron chi connectivity index (χ4n) is 1.87. The van der Waals surface area contributed by atoms with Gasteiger partial charge in [-0.3, -0.25) is 9.52 Å². The highest BCUT2D eigenvalue weighted by Crippen LogP contribution is 2.29. The van der Waals surface area contributed by atoms with Crippen LogP contribution in [0.2, 0.25) is 0 Å². The topological polar surface area (TPSA) is 97.6 Å². The van der Waals surface area contributed by atoms with E-state index < -0.39 is 10.0 Å². The van der Waals surface area contributed by atoms with Crippen molar-refractivity contribution in [3.8, 4) is 5.75 Å². The predicted molar refractivity (Wildman–Crippen MR) is 82.9 cm³/mol. The molecule has 1 aromatic heterocycles. The molecule has 22 heavy (non-hydrogen) atoms. The molecule has 0 saturated heterocycles. The van der Waals surface area contributed by atoms with E-state index in [-0.39, 0.29) is 5.91 Å². The van der Waals surface area contributed by atoms with Crippen LogP contribution in [0.4, 0.5) is 11.4 Å². The normalized spacial score (nSPS) is 11.0. The standard InChI is InChI=1S/C14H16N2O5S/c1-9-11(6-7-21-9)14(17)15-10-4-5-12(13(8-10)20-2)16-22(3,18)19/h4-8,16H,1-3H3,(H,15,17). The molecule has 7 nitrogen and oxygen atoms in total. The first kappa shape index (κ1) is 15.9. The lowest BCUT2D eigenvalue weighted by molar-refractivity contribution is 0.102. The van der Waals surface area contributed by atoms with Crippen LogP contribution >= 0.6 is 0 Å². The van der Waals surface area contributed by atoms with Gasteiger partial charge < -0.3 is 14.5 Å². The maximum absolute atomic E-state index is 12.1. The molecule has 0 aliphatic heterocycles. The number of carbonyl (C=O) groups is 1. The maximum atomic E-state index is 12.1. The first-order valence-corrected chi connectivity index (χ1v) is 8.20. The van der Waals surface area contributed by atoms with Crippen molar-refractivity contribution < 1.29 is 22.4 Å². The number of benzene rings is 1. The van der Waals surface area contributed by atoms with Crippen molar-refractivity contribution in [3.05, 3.63) is 41.9 Å². The fourth-order valence-corrected chi connectivity index (χ4v) is 2.44. The highest BCUT2D eigenvalue weighted by molar-refractivity contribution is 7.92. The Kier molecular flexibility index (Phi) is 4.41. The van der Waals surface area contributed by atoms with Gasteiger partial charge in [0, 0.05) is 11.8 Å². The molecule has 2 N–H and O–H groups in total. The lowest BCUT2D eigenvalue weighted by Gasteiger charge is -2.12. The molecule has 1 heterocycles. The third-order valence-electron chi connectivity index (χ3n) is 2.86. The molecular weight excluding hydrogens is 308 g/mol. The summed E-state index contributed by atoms with van der Waals surface area (Å²) in [6.07, 6.45) is 2.48. The Morgan fingerprint density at radius 1 is 1.27 bits per heavy atom. The SMILES string of the molecule is COc1cc(NC(=O)c2ccoc2C)ccc1NS(C)(=O)=O. The van der Waals surface area contributed by atoms with Gasteiger partial charge in [-0.15, -0.1) is 0 Å². The molecule has 0 unspecified atom stereocenters. The van der Waals surface area contributed by atoms with E-state index in [2.05, 4.69) is 10.0 Å². The van der Waals surface area contributed by atoms with E-state index in [0.717, 1.165) is 6.26 Å². The molecule has 0 saturated carbocycles. The van der Waals surface area contributed by atoms with Crippen LogP contribution in [-0.2, 0) is 10.0 Å². The largest absolute Gasteiger partial charge is 0.494 e. The summed E-state index contributed by atoms with van der Waals surface area (Å²) in [4.78, 5) is 12.1. The van der Waals surface area contributed by atoms with Gasteiger partial charge in [0.2, 0.25) is 10.0 Å². The number of hydrogen-bond donors (Lipinski definition) is 2. The van der Waals surface area contributed by atoms with Crippen LogP contribution in [0.25, 0.3) is 0 Å². The summed E-state index contributed by atoms with van der Waals surface area (Å²) in [7, 11) is -2.01. The number of nitrogens with one attached hydrogen (secondary N) is 2. The molecule has 2 rings (SSSR count). The van der Waals surface area contributed by atoms with Crippen molar-refractivity contribution in [3.63, 3.8) is 0 Å². The number of amides is 1. The minimum Gasteiger partial charge on any atom is -0.494 e. The van der Waals surface area contributed by atoms with Crippen LogP contribution in [-0.4, -0.2) is 27.7 Å². The van der Waals surface area contributed by atoms with Crippen molar-refractivity contribution in [2.24, 2.45) is 0 Å². The highest BCUT2D eigenvalue weighted by Gasteiger charge is 2.14. The summed E-state index contributed by atoms with van der Waals surface area (Å²) in [6.45, 7) is 1.69. The van der Waals surface area contributed by atoms with Gasteiger partial charge in [-0.05, 0) is 25.1 Å². The van der Waals surface area contributed by atoms with Crippen LogP contribution in [0, 0.1) is 6.92 Å². The Balaban J connectivity index is 2.23. The second-order valence-corrected chi connectivity index (χ2v) is 6.38. The number of aryl methyl sites for hydroxylation is 1. The molecule has 0 fully saturated rings. The summed E-state index contributed by atoms with van der Waals surface area (Å²) in [5.41, 5.74) is 1.20. The molecule has 2 aromatic rings. The third-order valence-corrected chi connectivity index (χ3v) is 3.45. The van der Waals surface area contributed by atoms with Gasteiger partial charge in [-0.2, -0.15) is 0 Å². The van der Waals surface area contributed by atoms with Gasteiger partial charge in [-0.1, -0.05) is 0 Å². The average Bonchev–Trinajstić information content (AvgIpc) is 2.85. The molecule has 0 aliphatic rings. The summed E-state index contributed by atoms with van der Waals surface area (Å²) in [6, 6.07) is 6.18. The van der Waals surface area contributed by atoms with Crippen LogP contribution < -0.4 is 14.8 Å². The third kappa shape index (κ3) is 3.79. The van der Waals surface area contributed by atoms with E-state index in [9.17, 15) is 13.2 Å². The first-order chi connectivity index (χ1) is 10.3. The highest BCUT2D eigenvalue weighted by atomic mass is 32.2. The van der Waals surface area contributed by atoms with Gasteiger partial charge in [-0.25, -0.2) is 8.42 Å². The zero-order chi connectivity index (χ0) is 16.3. The van der Waals surface area contributed by atoms with Gasteiger partial charge in [0.15, 0.2) is 0 Å². The zero-order valence-corrected chi connectivity index (χ0v) is 13.2. The molecule has 0 bridgehead atoms. The van der Waals surface area contributed by atoms with Crippen LogP contribution in [0.3, 0.4) is 0 Å². The zero-order valence-electron chi connectivity index (χ0n) is 12.3. The van der Waals surface area contributed by atoms with E-state index in [1.807, 2.05) is 0 Å². The van der Waals surface area contributed by atoms with Crippen molar-refractivity contribution in [2.75, 3.05) is 23.4 Å². The lowest BCUT2D eigenvalue weighted by atomic mass is 10.2. The summed E-state index contributed by atoms with van der Waals surface area (Å²) >= 11 is 0. The smallest absolute Gasteiger partial charge is 0.259 e. The van der Waals surface area contributed by atoms with E-state index in [4.69, 9.17) is 9.15 Å². The molecule has 0 aliphatic carbocycles. The van der Waals surface area contributed by atoms with Gasteiger partial charge in [0.05, 0.1) is 30.9 Å². The molecule has 0 spiro atoms. The number of anilines is 2. The first-order valence-electron chi connectivity index (χ1n) is 6.31. The van der Waals surface area contributed by atoms with E-state index in [0.29, 0.717) is 28.4 Å². The van der Waals surface area contributed by atoms with Gasteiger partial charge in [0.25, 0.3) is 5.91 Å². The number of sulfonamides is 1. The lowest BCUT2D eigenvalue weighted by Crippen LogP contribution is -2.13. The van der Waals surface area contributed by atoms with Gasteiger partial charge >= 0.3 is 0 Å². The Hall–Kier alpha value is -2.48. The minimum atomic E-state index is -3.42. The quantitative estimate of drug-likeness (QED) is 0.879. The van der Waals surface area contributed by atoms with Crippen molar-refractivity contribution in [1.29, 1.82) is 0 Å². The monoisotopic (exact) mass is 324 g/mol. The number of furan rings is 1. The van der Waals surface area contributed by atoms with Crippen LogP contribution in [0.15, 0.2) is 34.9 Å². The summed E-state index contributed by atoms with van der Waals surface area (Å²) in [5.74, 6) is 0.490. The fraction of sp³-hybridized carbons (Fsp3) is 0.214. The van der Waals surface area contributed by atoms with Crippen LogP contribution in [0.5, 0.6) is 5.75 Å². The number of hydrogen-bond acceptors (Lipinski definition) is 5. The summed E-state index contributed by atoms with van der Waals surface area (Å²) in [5, 5.41) is 2.69. The summed E-state index contributed by atoms with van der Waals surface area (Å²) < 4.78 is 35.1. The van der Waals surface area contributed by atoms with Gasteiger partial charge in [0.1, 0.15) is 11.5 Å². The maximum Gasteiger partial charge on any atom is 0.259 e. The Morgan fingerprint density at radius 3 is 2.55 bits per heavy atom. The van der Waals surface area contributed by atoms with Crippen LogP contribution in [0.1, 0.15) is 16.1 Å². The number of methoxy groups -OCH3 is 1. The van der Waals surface area contributed by atoms with Crippen molar-refractivity contribution in [2.45, 2.75) is 6.92 Å². The van der Waals surface area contributed by atoms with Crippen molar-refractivity contribution in [1.82, 2.24) is 0 Å². The number of ether oxygens (including phenoxy) is 1. The minimum absolute atomic E-state index is 0.294. The second kappa shape index (κ2) is 6.10. The van der Waals surface area contributed by atoms with Crippen molar-refractivity contribution >= 4 is 27.3 Å². The number of rotatable bonds is 5. The van der Waals surface area contributed by atoms with E-state index in [1.54, 1.807) is 19.1 Å². The van der Waals surface area contributed by atoms with E-state index in [1.165, 1.54) is 25.5 Å². The average molecular weight is 324 g/mol. The molecular formula is C14H16N2O5S. The molecule has 0 atom stereocenters. The van der Waals surface area contributed by atoms with E-state index >= 15 is 0 Å².